The van der Waals surface area contributed by atoms with Crippen molar-refractivity contribution in [1.29, 1.82) is 0 Å². The molecule has 4 heterocycles. The van der Waals surface area contributed by atoms with Crippen LogP contribution in [0.3, 0.4) is 0 Å². The van der Waals surface area contributed by atoms with E-state index in [1.807, 2.05) is 0 Å². The van der Waals surface area contributed by atoms with Crippen LogP contribution in [0.2, 0.25) is 0 Å². The molecule has 3 saturated heterocycles. The first kappa shape index (κ1) is 24.0. The van der Waals surface area contributed by atoms with Crippen LogP contribution in [0.15, 0.2) is 18.2 Å². The van der Waals surface area contributed by atoms with Crippen LogP contribution >= 0.6 is 11.3 Å². The number of hydrogen-bond acceptors (Lipinski definition) is 8. The fraction of sp³-hybridized carbons (Fsp3) is 0.600. The van der Waals surface area contributed by atoms with Gasteiger partial charge in [0, 0.05) is 64.5 Å². The van der Waals surface area contributed by atoms with E-state index in [0.29, 0.717) is 24.6 Å². The van der Waals surface area contributed by atoms with Crippen molar-refractivity contribution in [3.05, 3.63) is 29.3 Å². The van der Waals surface area contributed by atoms with Crippen LogP contribution in [0.25, 0.3) is 0 Å². The minimum Gasteiger partial charge on any atom is -0.369 e. The maximum atomic E-state index is 13.0. The molecule has 2 amide bonds. The fourth-order valence-electron chi connectivity index (χ4n) is 5.30. The summed E-state index contributed by atoms with van der Waals surface area (Å²) in [5.41, 5.74) is 4.04. The Hall–Kier alpha value is -2.72. The lowest BCUT2D eigenvalue weighted by molar-refractivity contribution is -0.122. The molecule has 1 N–H and O–H groups in total. The van der Waals surface area contributed by atoms with Crippen molar-refractivity contribution < 1.29 is 9.59 Å². The van der Waals surface area contributed by atoms with Gasteiger partial charge in [-0.1, -0.05) is 23.5 Å². The van der Waals surface area contributed by atoms with Gasteiger partial charge >= 0.3 is 0 Å². The second-order valence-corrected chi connectivity index (χ2v) is 10.6. The van der Waals surface area contributed by atoms with Gasteiger partial charge in [-0.2, -0.15) is 0 Å². The van der Waals surface area contributed by atoms with Crippen molar-refractivity contribution in [3.63, 3.8) is 0 Å². The summed E-state index contributed by atoms with van der Waals surface area (Å²) < 4.78 is 0. The van der Waals surface area contributed by atoms with E-state index in [2.05, 4.69) is 62.3 Å². The third kappa shape index (κ3) is 5.13. The number of carbonyl (C=O) groups excluding carboxylic acids is 2. The second-order valence-electron chi connectivity index (χ2n) is 9.71. The molecule has 3 aliphatic heterocycles. The van der Waals surface area contributed by atoms with Crippen molar-refractivity contribution >= 4 is 39.1 Å². The van der Waals surface area contributed by atoms with E-state index in [4.69, 9.17) is 0 Å². The molecule has 2 aromatic rings. The van der Waals surface area contributed by atoms with E-state index in [-0.39, 0.29) is 17.9 Å². The lowest BCUT2D eigenvalue weighted by Crippen LogP contribution is -2.50. The molecule has 10 heteroatoms. The summed E-state index contributed by atoms with van der Waals surface area (Å²) in [6.07, 6.45) is 3.21. The first-order valence-electron chi connectivity index (χ1n) is 12.7. The van der Waals surface area contributed by atoms with Crippen molar-refractivity contribution in [3.8, 4) is 0 Å². The van der Waals surface area contributed by atoms with E-state index in [0.717, 1.165) is 63.7 Å². The summed E-state index contributed by atoms with van der Waals surface area (Å²) in [5.74, 6) is 0.170. The molecule has 1 atom stereocenters. The number of aromatic nitrogens is 2. The molecule has 0 unspecified atom stereocenters. The Morgan fingerprint density at radius 3 is 2.63 bits per heavy atom. The second kappa shape index (κ2) is 10.5. The normalized spacial score (nSPS) is 21.3. The number of piperazine rings is 1. The Kier molecular flexibility index (Phi) is 7.19. The van der Waals surface area contributed by atoms with Gasteiger partial charge < -0.3 is 15.1 Å². The summed E-state index contributed by atoms with van der Waals surface area (Å²) >= 11 is 1.41. The average Bonchev–Trinajstić information content (AvgIpc) is 3.61. The zero-order valence-electron chi connectivity index (χ0n) is 20.7. The zero-order valence-corrected chi connectivity index (χ0v) is 21.5. The smallest absolute Gasteiger partial charge is 0.242 e. The van der Waals surface area contributed by atoms with Gasteiger partial charge in [0.1, 0.15) is 6.04 Å². The van der Waals surface area contributed by atoms with Crippen molar-refractivity contribution in [2.75, 3.05) is 67.1 Å². The highest BCUT2D eigenvalue weighted by atomic mass is 32.1. The van der Waals surface area contributed by atoms with Crippen molar-refractivity contribution in [1.82, 2.24) is 20.4 Å². The number of benzene rings is 1. The molecular formula is C25H35N7O2S. The molecule has 1 aromatic carbocycles. The van der Waals surface area contributed by atoms with Crippen LogP contribution in [-0.2, 0) is 9.59 Å². The van der Waals surface area contributed by atoms with Gasteiger partial charge in [-0.25, -0.2) is 0 Å². The molecule has 188 valence electrons. The van der Waals surface area contributed by atoms with Gasteiger partial charge in [0.15, 0.2) is 0 Å². The lowest BCUT2D eigenvalue weighted by Gasteiger charge is -2.37. The minimum atomic E-state index is -0.216. The third-order valence-corrected chi connectivity index (χ3v) is 8.51. The lowest BCUT2D eigenvalue weighted by atomic mass is 10.1. The van der Waals surface area contributed by atoms with E-state index in [9.17, 15) is 9.59 Å². The Labute approximate surface area is 211 Å². The summed E-state index contributed by atoms with van der Waals surface area (Å²) in [5, 5.41) is 13.1. The molecule has 0 spiro atoms. The molecule has 0 radical (unpaired) electrons. The number of nitrogens with one attached hydrogen (secondary N) is 1. The first-order valence-corrected chi connectivity index (χ1v) is 13.5. The predicted octanol–water partition coefficient (Wildman–Crippen LogP) is 2.19. The highest BCUT2D eigenvalue weighted by Crippen LogP contribution is 2.33. The monoisotopic (exact) mass is 497 g/mol. The van der Waals surface area contributed by atoms with Gasteiger partial charge in [-0.05, 0) is 50.3 Å². The summed E-state index contributed by atoms with van der Waals surface area (Å²) in [6.45, 7) is 11.4. The number of aryl methyl sites for hydroxylation is 1. The maximum absolute atomic E-state index is 13.0. The predicted molar refractivity (Wildman–Crippen MR) is 139 cm³/mol. The number of nitrogens with zero attached hydrogens (tertiary/aromatic N) is 6. The molecule has 1 aromatic heterocycles. The summed E-state index contributed by atoms with van der Waals surface area (Å²) in [7, 11) is 0. The molecule has 0 saturated carbocycles. The van der Waals surface area contributed by atoms with Crippen LogP contribution in [0.1, 0.15) is 36.8 Å². The van der Waals surface area contributed by atoms with Gasteiger partial charge in [0.05, 0.1) is 0 Å². The van der Waals surface area contributed by atoms with E-state index in [1.165, 1.54) is 28.2 Å². The quantitative estimate of drug-likeness (QED) is 0.628. The molecule has 0 aliphatic carbocycles. The van der Waals surface area contributed by atoms with E-state index < -0.39 is 0 Å². The number of amides is 2. The molecule has 35 heavy (non-hydrogen) atoms. The van der Waals surface area contributed by atoms with Crippen LogP contribution in [0, 0.1) is 13.8 Å². The molecular weight excluding hydrogens is 462 g/mol. The van der Waals surface area contributed by atoms with Gasteiger partial charge in [-0.15, -0.1) is 10.2 Å². The Bertz CT molecular complexity index is 1070. The molecule has 9 nitrogen and oxygen atoms in total. The number of hydrogen-bond donors (Lipinski definition) is 1. The highest BCUT2D eigenvalue weighted by molar-refractivity contribution is 7.19. The molecule has 5 rings (SSSR count). The van der Waals surface area contributed by atoms with Gasteiger partial charge in [0.25, 0.3) is 0 Å². The largest absolute Gasteiger partial charge is 0.369 e. The van der Waals surface area contributed by atoms with Crippen LogP contribution in [0.5, 0.6) is 0 Å². The minimum absolute atomic E-state index is 0.0607. The number of carbonyl (C=O) groups is 2. The maximum Gasteiger partial charge on any atom is 0.242 e. The van der Waals surface area contributed by atoms with Gasteiger partial charge in [0.2, 0.25) is 22.1 Å². The fourth-order valence-corrected chi connectivity index (χ4v) is 6.26. The Morgan fingerprint density at radius 1 is 1.06 bits per heavy atom. The van der Waals surface area contributed by atoms with Crippen molar-refractivity contribution in [2.24, 2.45) is 0 Å². The summed E-state index contributed by atoms with van der Waals surface area (Å²) in [4.78, 5) is 33.7. The van der Waals surface area contributed by atoms with Crippen molar-refractivity contribution in [2.45, 2.75) is 45.6 Å². The Morgan fingerprint density at radius 2 is 1.86 bits per heavy atom. The molecule has 0 bridgehead atoms. The van der Waals surface area contributed by atoms with Gasteiger partial charge in [-0.3, -0.25) is 19.4 Å². The topological polar surface area (TPSA) is 84.9 Å². The standard InChI is InChI=1S/C25H35N7O2S/c1-18-6-3-7-20(19(18)2)30-16-14-29(15-17-30)13-10-26-23(34)21-8-4-11-31(21)24-27-28-25(35-24)32-12-5-9-22(32)33/h3,6-7,21H,4-5,8-17H2,1-2H3,(H,26,34)/t21-/m0/s1. The van der Waals surface area contributed by atoms with Crippen LogP contribution < -0.4 is 20.0 Å². The van der Waals surface area contributed by atoms with Crippen LogP contribution in [0.4, 0.5) is 16.0 Å². The van der Waals surface area contributed by atoms with Crippen LogP contribution in [-0.4, -0.2) is 85.3 Å². The molecule has 3 fully saturated rings. The summed E-state index contributed by atoms with van der Waals surface area (Å²) in [6, 6.07) is 6.31. The SMILES string of the molecule is Cc1cccc(N2CCN(CCNC(=O)[C@@H]3CCCN3c3nnc(N4CCCC4=O)s3)CC2)c1C. The number of anilines is 3. The third-order valence-electron chi connectivity index (χ3n) is 7.53. The molecule has 3 aliphatic rings. The highest BCUT2D eigenvalue weighted by Gasteiger charge is 2.34. The first-order chi connectivity index (χ1) is 17.0. The van der Waals surface area contributed by atoms with E-state index >= 15 is 0 Å². The van der Waals surface area contributed by atoms with E-state index in [1.54, 1.807) is 4.90 Å². The Balaban J connectivity index is 1.09. The number of rotatable bonds is 7. The zero-order chi connectivity index (χ0) is 24.4. The average molecular weight is 498 g/mol.